The zero-order chi connectivity index (χ0) is 13.6. The van der Waals surface area contributed by atoms with Crippen molar-refractivity contribution >= 4 is 11.8 Å². The van der Waals surface area contributed by atoms with Crippen molar-refractivity contribution < 1.29 is 5.11 Å². The van der Waals surface area contributed by atoms with Gasteiger partial charge in [0.25, 0.3) is 0 Å². The molecule has 0 aliphatic heterocycles. The van der Waals surface area contributed by atoms with Crippen LogP contribution in [0.25, 0.3) is 0 Å². The van der Waals surface area contributed by atoms with Gasteiger partial charge in [0.2, 0.25) is 0 Å². The number of aliphatic hydroxyl groups is 1. The second-order valence-electron chi connectivity index (χ2n) is 6.44. The number of hydrogen-bond acceptors (Lipinski definition) is 3. The lowest BCUT2D eigenvalue weighted by molar-refractivity contribution is 0.144. The van der Waals surface area contributed by atoms with Crippen molar-refractivity contribution in [3.63, 3.8) is 0 Å². The monoisotopic (exact) mass is 285 g/mol. The lowest BCUT2D eigenvalue weighted by Crippen LogP contribution is -2.49. The molecule has 0 aromatic heterocycles. The summed E-state index contributed by atoms with van der Waals surface area (Å²) >= 11 is 2.18. The third-order valence-corrected chi connectivity index (χ3v) is 6.24. The fourth-order valence-electron chi connectivity index (χ4n) is 3.14. The summed E-state index contributed by atoms with van der Waals surface area (Å²) in [6.07, 6.45) is 13.2. The Hall–Kier alpha value is 0.270. The molecule has 3 heteroatoms. The average molecular weight is 285 g/mol. The van der Waals surface area contributed by atoms with Gasteiger partial charge in [-0.05, 0) is 50.7 Å². The quantitative estimate of drug-likeness (QED) is 0.633. The predicted octanol–water partition coefficient (Wildman–Crippen LogP) is 3.73. The molecule has 2 saturated carbocycles. The first kappa shape index (κ1) is 15.7. The summed E-state index contributed by atoms with van der Waals surface area (Å²) in [6.45, 7) is 2.51. The Labute approximate surface area is 123 Å². The Balaban J connectivity index is 1.63. The number of hydrogen-bond donors (Lipinski definition) is 2. The second kappa shape index (κ2) is 7.90. The minimum absolute atomic E-state index is 0.00823. The molecule has 0 amide bonds. The van der Waals surface area contributed by atoms with Crippen LogP contribution in [0.15, 0.2) is 0 Å². The van der Waals surface area contributed by atoms with Crippen LogP contribution < -0.4 is 5.32 Å². The summed E-state index contributed by atoms with van der Waals surface area (Å²) < 4.78 is 0. The Morgan fingerprint density at radius 2 is 1.89 bits per heavy atom. The van der Waals surface area contributed by atoms with E-state index < -0.39 is 0 Å². The summed E-state index contributed by atoms with van der Waals surface area (Å²) in [7, 11) is 0. The van der Waals surface area contributed by atoms with Gasteiger partial charge in [-0.15, -0.1) is 0 Å². The third kappa shape index (κ3) is 5.28. The van der Waals surface area contributed by atoms with Crippen LogP contribution in [0.1, 0.15) is 71.1 Å². The SMILES string of the molecule is CCC(CO)(CCCSC1CCCCC1)NC1CC1. The molecule has 2 aliphatic carbocycles. The van der Waals surface area contributed by atoms with Crippen molar-refractivity contribution in [1.29, 1.82) is 0 Å². The average Bonchev–Trinajstić information content (AvgIpc) is 3.27. The zero-order valence-corrected chi connectivity index (χ0v) is 13.3. The molecule has 0 saturated heterocycles. The molecular weight excluding hydrogens is 254 g/mol. The predicted molar refractivity (Wildman–Crippen MR) is 84.8 cm³/mol. The fraction of sp³-hybridized carbons (Fsp3) is 1.00. The van der Waals surface area contributed by atoms with E-state index in [9.17, 15) is 5.11 Å². The van der Waals surface area contributed by atoms with E-state index >= 15 is 0 Å². The van der Waals surface area contributed by atoms with E-state index in [2.05, 4.69) is 24.0 Å². The van der Waals surface area contributed by atoms with E-state index in [4.69, 9.17) is 0 Å². The topological polar surface area (TPSA) is 32.3 Å². The van der Waals surface area contributed by atoms with Crippen LogP contribution in [0.5, 0.6) is 0 Å². The smallest absolute Gasteiger partial charge is 0.0613 e. The Kier molecular flexibility index (Phi) is 6.51. The standard InChI is InChI=1S/C16H31NOS/c1-2-16(13-18,17-14-9-10-14)11-6-12-19-15-7-4-3-5-8-15/h14-15,17-18H,2-13H2,1H3. The van der Waals surface area contributed by atoms with Crippen molar-refractivity contribution in [2.75, 3.05) is 12.4 Å². The van der Waals surface area contributed by atoms with Crippen LogP contribution in [0.3, 0.4) is 0 Å². The maximum Gasteiger partial charge on any atom is 0.0613 e. The summed E-state index contributed by atoms with van der Waals surface area (Å²) in [5, 5.41) is 14.3. The normalized spacial score (nSPS) is 24.3. The number of thioether (sulfide) groups is 1. The maximum atomic E-state index is 9.73. The molecule has 2 nitrogen and oxygen atoms in total. The molecule has 0 bridgehead atoms. The van der Waals surface area contributed by atoms with Gasteiger partial charge in [0.15, 0.2) is 0 Å². The molecule has 0 aromatic rings. The number of rotatable bonds is 9. The van der Waals surface area contributed by atoms with Crippen LogP contribution in [0.2, 0.25) is 0 Å². The van der Waals surface area contributed by atoms with Gasteiger partial charge < -0.3 is 10.4 Å². The summed E-state index contributed by atoms with van der Waals surface area (Å²) in [4.78, 5) is 0. The van der Waals surface area contributed by atoms with Gasteiger partial charge in [-0.3, -0.25) is 0 Å². The number of nitrogens with one attached hydrogen (secondary N) is 1. The minimum Gasteiger partial charge on any atom is -0.394 e. The molecule has 0 radical (unpaired) electrons. The van der Waals surface area contributed by atoms with E-state index in [0.29, 0.717) is 12.6 Å². The highest BCUT2D eigenvalue weighted by Gasteiger charge is 2.33. The lowest BCUT2D eigenvalue weighted by Gasteiger charge is -2.32. The van der Waals surface area contributed by atoms with Crippen molar-refractivity contribution in [3.8, 4) is 0 Å². The minimum atomic E-state index is 0.00823. The Morgan fingerprint density at radius 3 is 2.47 bits per heavy atom. The fourth-order valence-corrected chi connectivity index (χ4v) is 4.45. The first-order valence-electron chi connectivity index (χ1n) is 8.28. The van der Waals surface area contributed by atoms with Crippen LogP contribution in [0, 0.1) is 0 Å². The van der Waals surface area contributed by atoms with Crippen molar-refractivity contribution in [2.45, 2.75) is 88.0 Å². The van der Waals surface area contributed by atoms with E-state index in [1.54, 1.807) is 0 Å². The van der Waals surface area contributed by atoms with E-state index in [0.717, 1.165) is 18.1 Å². The summed E-state index contributed by atoms with van der Waals surface area (Å²) in [5.74, 6) is 1.28. The van der Waals surface area contributed by atoms with Crippen LogP contribution in [0.4, 0.5) is 0 Å². The summed E-state index contributed by atoms with van der Waals surface area (Å²) in [5.41, 5.74) is 0.00823. The van der Waals surface area contributed by atoms with Gasteiger partial charge in [0.1, 0.15) is 0 Å². The molecule has 0 heterocycles. The van der Waals surface area contributed by atoms with Gasteiger partial charge >= 0.3 is 0 Å². The molecule has 1 unspecified atom stereocenters. The molecule has 2 rings (SSSR count). The highest BCUT2D eigenvalue weighted by Crippen LogP contribution is 2.31. The molecule has 2 N–H and O–H groups in total. The van der Waals surface area contributed by atoms with Crippen LogP contribution >= 0.6 is 11.8 Å². The zero-order valence-electron chi connectivity index (χ0n) is 12.5. The first-order chi connectivity index (χ1) is 9.28. The first-order valence-corrected chi connectivity index (χ1v) is 9.33. The molecule has 19 heavy (non-hydrogen) atoms. The van der Waals surface area contributed by atoms with Gasteiger partial charge in [0.05, 0.1) is 6.61 Å². The molecule has 1 atom stereocenters. The molecule has 0 aromatic carbocycles. The van der Waals surface area contributed by atoms with Gasteiger partial charge in [-0.2, -0.15) is 11.8 Å². The largest absolute Gasteiger partial charge is 0.394 e. The van der Waals surface area contributed by atoms with E-state index in [-0.39, 0.29) is 5.54 Å². The Bertz CT molecular complexity index is 245. The van der Waals surface area contributed by atoms with Crippen LogP contribution in [-0.4, -0.2) is 34.3 Å². The van der Waals surface area contributed by atoms with E-state index in [1.807, 2.05) is 0 Å². The Morgan fingerprint density at radius 1 is 1.16 bits per heavy atom. The molecule has 2 aliphatic rings. The van der Waals surface area contributed by atoms with Gasteiger partial charge in [-0.25, -0.2) is 0 Å². The third-order valence-electron chi connectivity index (χ3n) is 4.77. The molecule has 0 spiro atoms. The maximum absolute atomic E-state index is 9.73. The molecule has 2 fully saturated rings. The van der Waals surface area contributed by atoms with Crippen molar-refractivity contribution in [2.24, 2.45) is 0 Å². The van der Waals surface area contributed by atoms with Crippen LogP contribution in [-0.2, 0) is 0 Å². The van der Waals surface area contributed by atoms with E-state index in [1.165, 1.54) is 57.1 Å². The van der Waals surface area contributed by atoms with Gasteiger partial charge in [-0.1, -0.05) is 26.2 Å². The number of aliphatic hydroxyl groups excluding tert-OH is 1. The molecule has 112 valence electrons. The molecular formula is C16H31NOS. The van der Waals surface area contributed by atoms with Gasteiger partial charge in [0, 0.05) is 16.8 Å². The highest BCUT2D eigenvalue weighted by atomic mass is 32.2. The lowest BCUT2D eigenvalue weighted by atomic mass is 9.91. The summed E-state index contributed by atoms with van der Waals surface area (Å²) in [6, 6.07) is 0.693. The van der Waals surface area contributed by atoms with Crippen molar-refractivity contribution in [3.05, 3.63) is 0 Å². The highest BCUT2D eigenvalue weighted by molar-refractivity contribution is 7.99. The van der Waals surface area contributed by atoms with Crippen molar-refractivity contribution in [1.82, 2.24) is 5.32 Å². The second-order valence-corrected chi connectivity index (χ2v) is 7.85.